The van der Waals surface area contributed by atoms with Gasteiger partial charge in [0.2, 0.25) is 0 Å². The zero-order chi connectivity index (χ0) is 11.3. The fourth-order valence-corrected chi connectivity index (χ4v) is 1.95. The lowest BCUT2D eigenvalue weighted by Crippen LogP contribution is -2.18. The maximum Gasteiger partial charge on any atom is 0.333 e. The molecule has 1 rings (SSSR count). The Morgan fingerprint density at radius 3 is 2.73 bits per heavy atom. The molecule has 0 aromatic heterocycles. The molecule has 2 atom stereocenters. The number of carbonyl (C=O) groups is 1. The smallest absolute Gasteiger partial charge is 0.333 e. The molecule has 0 bridgehead atoms. The molecule has 0 saturated heterocycles. The van der Waals surface area contributed by atoms with Crippen molar-refractivity contribution in [3.05, 3.63) is 12.2 Å². The SMILES string of the molecule is C=C(CC)C(=O)OC1CCCC(C)CC1. The number of hydrogen-bond donors (Lipinski definition) is 0. The molecular formula is C13H22O2. The molecule has 0 N–H and O–H groups in total. The van der Waals surface area contributed by atoms with Crippen molar-refractivity contribution in [2.75, 3.05) is 0 Å². The van der Waals surface area contributed by atoms with Crippen LogP contribution in [0.1, 0.15) is 52.4 Å². The van der Waals surface area contributed by atoms with Crippen LogP contribution < -0.4 is 0 Å². The summed E-state index contributed by atoms with van der Waals surface area (Å²) in [5.41, 5.74) is 0.590. The van der Waals surface area contributed by atoms with E-state index in [1.807, 2.05) is 6.92 Å². The normalized spacial score (nSPS) is 26.8. The standard InChI is InChI=1S/C13H22O2/c1-4-11(3)13(14)15-12-7-5-6-10(2)8-9-12/h10,12H,3-9H2,1-2H3. The first-order valence-electron chi connectivity index (χ1n) is 6.02. The van der Waals surface area contributed by atoms with Gasteiger partial charge in [0.05, 0.1) is 0 Å². The third-order valence-corrected chi connectivity index (χ3v) is 3.19. The van der Waals surface area contributed by atoms with Gasteiger partial charge in [0.15, 0.2) is 0 Å². The van der Waals surface area contributed by atoms with Gasteiger partial charge in [0.25, 0.3) is 0 Å². The molecule has 2 unspecified atom stereocenters. The summed E-state index contributed by atoms with van der Waals surface area (Å²) in [5, 5.41) is 0. The van der Waals surface area contributed by atoms with Crippen LogP contribution in [-0.2, 0) is 9.53 Å². The summed E-state index contributed by atoms with van der Waals surface area (Å²) >= 11 is 0. The molecule has 2 nitrogen and oxygen atoms in total. The van der Waals surface area contributed by atoms with E-state index in [-0.39, 0.29) is 12.1 Å². The minimum Gasteiger partial charge on any atom is -0.459 e. The van der Waals surface area contributed by atoms with Gasteiger partial charge in [0.1, 0.15) is 6.10 Å². The fourth-order valence-electron chi connectivity index (χ4n) is 1.95. The molecule has 1 aliphatic carbocycles. The Balaban J connectivity index is 2.37. The van der Waals surface area contributed by atoms with Gasteiger partial charge in [-0.2, -0.15) is 0 Å². The molecule has 1 aliphatic rings. The zero-order valence-corrected chi connectivity index (χ0v) is 9.92. The highest BCUT2D eigenvalue weighted by Crippen LogP contribution is 2.25. The van der Waals surface area contributed by atoms with Crippen LogP contribution in [0.4, 0.5) is 0 Å². The third-order valence-electron chi connectivity index (χ3n) is 3.19. The number of ether oxygens (including phenoxy) is 1. The Kier molecular flexibility index (Phi) is 4.86. The predicted molar refractivity (Wildman–Crippen MR) is 61.6 cm³/mol. The summed E-state index contributed by atoms with van der Waals surface area (Å²) in [6.45, 7) is 7.90. The van der Waals surface area contributed by atoms with E-state index in [1.165, 1.54) is 19.3 Å². The van der Waals surface area contributed by atoms with E-state index in [9.17, 15) is 4.79 Å². The molecule has 0 aliphatic heterocycles. The minimum atomic E-state index is -0.197. The summed E-state index contributed by atoms with van der Waals surface area (Å²) < 4.78 is 5.43. The Hall–Kier alpha value is -0.790. The average molecular weight is 210 g/mol. The molecule has 0 aromatic rings. The second kappa shape index (κ2) is 5.94. The molecule has 86 valence electrons. The first-order chi connectivity index (χ1) is 7.13. The first-order valence-corrected chi connectivity index (χ1v) is 6.02. The second-order valence-electron chi connectivity index (χ2n) is 4.60. The maximum absolute atomic E-state index is 11.5. The van der Waals surface area contributed by atoms with Gasteiger partial charge in [-0.3, -0.25) is 0 Å². The highest BCUT2D eigenvalue weighted by Gasteiger charge is 2.20. The van der Waals surface area contributed by atoms with E-state index in [4.69, 9.17) is 4.74 Å². The van der Waals surface area contributed by atoms with Crippen LogP contribution in [0.3, 0.4) is 0 Å². The third kappa shape index (κ3) is 4.06. The Morgan fingerprint density at radius 2 is 2.07 bits per heavy atom. The van der Waals surface area contributed by atoms with Crippen LogP contribution in [0.25, 0.3) is 0 Å². The lowest BCUT2D eigenvalue weighted by atomic mass is 10.0. The van der Waals surface area contributed by atoms with Crippen LogP contribution in [0, 0.1) is 5.92 Å². The van der Waals surface area contributed by atoms with Crippen LogP contribution in [0.5, 0.6) is 0 Å². The fraction of sp³-hybridized carbons (Fsp3) is 0.769. The van der Waals surface area contributed by atoms with Gasteiger partial charge in [-0.1, -0.05) is 26.8 Å². The molecule has 0 spiro atoms. The number of rotatable bonds is 3. The van der Waals surface area contributed by atoms with Crippen LogP contribution in [0.2, 0.25) is 0 Å². The highest BCUT2D eigenvalue weighted by atomic mass is 16.5. The number of carbonyl (C=O) groups excluding carboxylic acids is 1. The van der Waals surface area contributed by atoms with Crippen LogP contribution in [-0.4, -0.2) is 12.1 Å². The molecule has 2 heteroatoms. The van der Waals surface area contributed by atoms with Gasteiger partial charge >= 0.3 is 5.97 Å². The summed E-state index contributed by atoms with van der Waals surface area (Å²) in [6, 6.07) is 0. The molecule has 0 aromatic carbocycles. The average Bonchev–Trinajstić information content (AvgIpc) is 2.42. The van der Waals surface area contributed by atoms with Gasteiger partial charge in [0, 0.05) is 5.57 Å². The molecule has 1 fully saturated rings. The first kappa shape index (κ1) is 12.3. The van der Waals surface area contributed by atoms with Gasteiger partial charge in [-0.25, -0.2) is 4.79 Å². The summed E-state index contributed by atoms with van der Waals surface area (Å²) in [5.74, 6) is 0.583. The number of hydrogen-bond acceptors (Lipinski definition) is 2. The van der Waals surface area contributed by atoms with Crippen molar-refractivity contribution in [2.24, 2.45) is 5.92 Å². The Morgan fingerprint density at radius 1 is 1.33 bits per heavy atom. The zero-order valence-electron chi connectivity index (χ0n) is 9.92. The van der Waals surface area contributed by atoms with E-state index in [1.54, 1.807) is 0 Å². The summed E-state index contributed by atoms with van der Waals surface area (Å²) in [4.78, 5) is 11.5. The largest absolute Gasteiger partial charge is 0.459 e. The lowest BCUT2D eigenvalue weighted by Gasteiger charge is -2.15. The Labute approximate surface area is 92.7 Å². The number of esters is 1. The lowest BCUT2D eigenvalue weighted by molar-refractivity contribution is -0.145. The quantitative estimate of drug-likeness (QED) is 0.405. The van der Waals surface area contributed by atoms with Crippen molar-refractivity contribution >= 4 is 5.97 Å². The maximum atomic E-state index is 11.5. The van der Waals surface area contributed by atoms with Crippen molar-refractivity contribution in [3.63, 3.8) is 0 Å². The van der Waals surface area contributed by atoms with E-state index < -0.39 is 0 Å². The summed E-state index contributed by atoms with van der Waals surface area (Å²) in [6.07, 6.45) is 6.47. The van der Waals surface area contributed by atoms with Crippen molar-refractivity contribution in [2.45, 2.75) is 58.5 Å². The van der Waals surface area contributed by atoms with E-state index >= 15 is 0 Å². The van der Waals surface area contributed by atoms with Crippen molar-refractivity contribution in [1.29, 1.82) is 0 Å². The molecule has 0 heterocycles. The second-order valence-corrected chi connectivity index (χ2v) is 4.60. The molecule has 0 radical (unpaired) electrons. The van der Waals surface area contributed by atoms with Crippen LogP contribution in [0.15, 0.2) is 12.2 Å². The molecule has 15 heavy (non-hydrogen) atoms. The van der Waals surface area contributed by atoms with Crippen molar-refractivity contribution in [1.82, 2.24) is 0 Å². The van der Waals surface area contributed by atoms with Gasteiger partial charge in [-0.05, 0) is 38.0 Å². The van der Waals surface area contributed by atoms with E-state index in [2.05, 4.69) is 13.5 Å². The minimum absolute atomic E-state index is 0.130. The van der Waals surface area contributed by atoms with Gasteiger partial charge < -0.3 is 4.74 Å². The van der Waals surface area contributed by atoms with Crippen LogP contribution >= 0.6 is 0 Å². The monoisotopic (exact) mass is 210 g/mol. The van der Waals surface area contributed by atoms with Gasteiger partial charge in [-0.15, -0.1) is 0 Å². The predicted octanol–water partition coefficient (Wildman–Crippen LogP) is 3.46. The van der Waals surface area contributed by atoms with E-state index in [0.717, 1.165) is 18.8 Å². The van der Waals surface area contributed by atoms with E-state index in [0.29, 0.717) is 12.0 Å². The highest BCUT2D eigenvalue weighted by molar-refractivity contribution is 5.87. The summed E-state index contributed by atoms with van der Waals surface area (Å²) in [7, 11) is 0. The molecular weight excluding hydrogens is 188 g/mol. The molecule has 1 saturated carbocycles. The van der Waals surface area contributed by atoms with Crippen molar-refractivity contribution in [3.8, 4) is 0 Å². The molecule has 0 amide bonds. The van der Waals surface area contributed by atoms with Crippen molar-refractivity contribution < 1.29 is 9.53 Å². The Bertz CT molecular complexity index is 233. The topological polar surface area (TPSA) is 26.3 Å².